The predicted molar refractivity (Wildman–Crippen MR) is 76.7 cm³/mol. The van der Waals surface area contributed by atoms with E-state index in [0.29, 0.717) is 17.7 Å². The summed E-state index contributed by atoms with van der Waals surface area (Å²) in [5, 5.41) is 7.51. The van der Waals surface area contributed by atoms with Gasteiger partial charge in [-0.2, -0.15) is 0 Å². The Bertz CT molecular complexity index is 472. The molecule has 1 aliphatic rings. The van der Waals surface area contributed by atoms with Crippen LogP contribution in [0, 0.1) is 12.3 Å². The minimum Gasteiger partial charge on any atom is -0.382 e. The van der Waals surface area contributed by atoms with Crippen molar-refractivity contribution in [2.24, 2.45) is 5.73 Å². The number of anilines is 1. The maximum atomic E-state index is 7.51. The summed E-state index contributed by atoms with van der Waals surface area (Å²) >= 11 is 0. The molecule has 104 valence electrons. The van der Waals surface area contributed by atoms with Gasteiger partial charge in [-0.3, -0.25) is 10.3 Å². The summed E-state index contributed by atoms with van der Waals surface area (Å²) in [6.45, 7) is 6.95. The Labute approximate surface area is 114 Å². The summed E-state index contributed by atoms with van der Waals surface area (Å²) in [6.07, 6.45) is 1.11. The number of likely N-dealkylation sites (N-methyl/N-ethyl adjacent to an activating group) is 1. The molecule has 0 saturated carbocycles. The fourth-order valence-corrected chi connectivity index (χ4v) is 2.40. The number of hydrogen-bond acceptors (Lipinski definition) is 5. The molecule has 6 nitrogen and oxygen atoms in total. The Balaban J connectivity index is 2.24. The topological polar surface area (TPSA) is 82.1 Å². The van der Waals surface area contributed by atoms with Crippen LogP contribution in [0.1, 0.15) is 24.7 Å². The number of amidine groups is 1. The Hall–Kier alpha value is -1.69. The summed E-state index contributed by atoms with van der Waals surface area (Å²) in [7, 11) is 2.16. The van der Waals surface area contributed by atoms with Gasteiger partial charge in [-0.15, -0.1) is 0 Å². The second kappa shape index (κ2) is 5.52. The second-order valence-corrected chi connectivity index (χ2v) is 5.10. The molecule has 19 heavy (non-hydrogen) atoms. The molecular formula is C13H22N6. The molecular weight excluding hydrogens is 240 g/mol. The van der Waals surface area contributed by atoms with Crippen molar-refractivity contribution >= 4 is 11.8 Å². The largest absolute Gasteiger partial charge is 0.382 e. The summed E-state index contributed by atoms with van der Waals surface area (Å²) in [6, 6.07) is 2.28. The summed E-state index contributed by atoms with van der Waals surface area (Å²) in [5.41, 5.74) is 6.88. The minimum absolute atomic E-state index is 0.00656. The van der Waals surface area contributed by atoms with E-state index in [-0.39, 0.29) is 5.84 Å². The number of nitrogen functional groups attached to an aromatic ring is 1. The predicted octanol–water partition coefficient (Wildman–Crippen LogP) is 0.599. The molecule has 0 spiro atoms. The summed E-state index contributed by atoms with van der Waals surface area (Å²) < 4.78 is 0. The van der Waals surface area contributed by atoms with Crippen molar-refractivity contribution < 1.29 is 0 Å². The SMILES string of the molecule is CCC1CN(c2nc(C)cc(C(=N)N)n2)CCN1C. The number of aryl methyl sites for hydroxylation is 1. The Kier molecular flexibility index (Phi) is 3.99. The van der Waals surface area contributed by atoms with Gasteiger partial charge < -0.3 is 10.6 Å². The van der Waals surface area contributed by atoms with Crippen LogP contribution in [0.15, 0.2) is 6.07 Å². The van der Waals surface area contributed by atoms with Crippen molar-refractivity contribution in [2.45, 2.75) is 26.3 Å². The molecule has 3 N–H and O–H groups in total. The zero-order chi connectivity index (χ0) is 14.0. The molecule has 0 aliphatic carbocycles. The molecule has 6 heteroatoms. The smallest absolute Gasteiger partial charge is 0.226 e. The Morgan fingerprint density at radius 3 is 2.84 bits per heavy atom. The molecule has 0 radical (unpaired) electrons. The number of nitrogens with two attached hydrogens (primary N) is 1. The third-order valence-electron chi connectivity index (χ3n) is 3.65. The lowest BCUT2D eigenvalue weighted by molar-refractivity contribution is 0.212. The first kappa shape index (κ1) is 13.7. The average Bonchev–Trinajstić information content (AvgIpc) is 2.38. The number of hydrogen-bond donors (Lipinski definition) is 2. The number of piperazine rings is 1. The molecule has 0 bridgehead atoms. The number of aromatic nitrogens is 2. The van der Waals surface area contributed by atoms with E-state index >= 15 is 0 Å². The second-order valence-electron chi connectivity index (χ2n) is 5.10. The van der Waals surface area contributed by atoms with Crippen molar-refractivity contribution in [3.8, 4) is 0 Å². The van der Waals surface area contributed by atoms with Gasteiger partial charge in [0.1, 0.15) is 11.5 Å². The molecule has 1 atom stereocenters. The minimum atomic E-state index is -0.00656. The molecule has 2 rings (SSSR count). The van der Waals surface area contributed by atoms with Crippen LogP contribution in [-0.4, -0.2) is 53.4 Å². The van der Waals surface area contributed by atoms with Gasteiger partial charge >= 0.3 is 0 Å². The Morgan fingerprint density at radius 2 is 2.21 bits per heavy atom. The lowest BCUT2D eigenvalue weighted by Gasteiger charge is -2.39. The molecule has 1 aliphatic heterocycles. The molecule has 1 aromatic heterocycles. The summed E-state index contributed by atoms with van der Waals surface area (Å²) in [4.78, 5) is 13.4. The van der Waals surface area contributed by atoms with Crippen LogP contribution in [0.5, 0.6) is 0 Å². The molecule has 1 aromatic rings. The van der Waals surface area contributed by atoms with Crippen molar-refractivity contribution in [1.29, 1.82) is 5.41 Å². The van der Waals surface area contributed by atoms with Crippen LogP contribution in [0.2, 0.25) is 0 Å². The van der Waals surface area contributed by atoms with Gasteiger partial charge in [0.25, 0.3) is 0 Å². The molecule has 1 unspecified atom stereocenters. The lowest BCUT2D eigenvalue weighted by Crippen LogP contribution is -2.51. The highest BCUT2D eigenvalue weighted by molar-refractivity contribution is 5.93. The fraction of sp³-hybridized carbons (Fsp3) is 0.615. The third kappa shape index (κ3) is 3.01. The first-order chi connectivity index (χ1) is 9.01. The van der Waals surface area contributed by atoms with Crippen LogP contribution in [0.25, 0.3) is 0 Å². The molecule has 1 fully saturated rings. The van der Waals surface area contributed by atoms with Gasteiger partial charge in [-0.05, 0) is 26.5 Å². The maximum Gasteiger partial charge on any atom is 0.226 e. The van der Waals surface area contributed by atoms with Crippen molar-refractivity contribution in [3.05, 3.63) is 17.5 Å². The molecule has 0 amide bonds. The number of nitrogens with zero attached hydrogens (tertiary/aromatic N) is 4. The van der Waals surface area contributed by atoms with Crippen molar-refractivity contribution in [3.63, 3.8) is 0 Å². The highest BCUT2D eigenvalue weighted by atomic mass is 15.3. The van der Waals surface area contributed by atoms with E-state index in [4.69, 9.17) is 11.1 Å². The normalized spacial score (nSPS) is 20.6. The van der Waals surface area contributed by atoms with Crippen LogP contribution in [0.4, 0.5) is 5.95 Å². The number of nitrogens with one attached hydrogen (secondary N) is 1. The van der Waals surface area contributed by atoms with Gasteiger partial charge in [0.2, 0.25) is 5.95 Å². The van der Waals surface area contributed by atoms with E-state index in [2.05, 4.69) is 33.7 Å². The van der Waals surface area contributed by atoms with Crippen LogP contribution in [-0.2, 0) is 0 Å². The Morgan fingerprint density at radius 1 is 1.47 bits per heavy atom. The zero-order valence-electron chi connectivity index (χ0n) is 11.8. The van der Waals surface area contributed by atoms with Gasteiger partial charge in [0.05, 0.1) is 0 Å². The summed E-state index contributed by atoms with van der Waals surface area (Å²) in [5.74, 6) is 0.685. The van der Waals surface area contributed by atoms with E-state index in [0.717, 1.165) is 31.7 Å². The third-order valence-corrected chi connectivity index (χ3v) is 3.65. The number of rotatable bonds is 3. The molecule has 2 heterocycles. The van der Waals surface area contributed by atoms with E-state index in [9.17, 15) is 0 Å². The first-order valence-corrected chi connectivity index (χ1v) is 6.66. The lowest BCUT2D eigenvalue weighted by atomic mass is 10.1. The first-order valence-electron chi connectivity index (χ1n) is 6.66. The van der Waals surface area contributed by atoms with E-state index < -0.39 is 0 Å². The van der Waals surface area contributed by atoms with Crippen LogP contribution < -0.4 is 10.6 Å². The molecule has 0 aromatic carbocycles. The van der Waals surface area contributed by atoms with Gasteiger partial charge in [0.15, 0.2) is 0 Å². The highest BCUT2D eigenvalue weighted by Crippen LogP contribution is 2.17. The van der Waals surface area contributed by atoms with E-state index in [1.165, 1.54) is 0 Å². The van der Waals surface area contributed by atoms with E-state index in [1.54, 1.807) is 6.07 Å². The standard InChI is InChI=1S/C13H22N6/c1-4-10-8-19(6-5-18(10)3)13-16-9(2)7-11(17-13)12(14)15/h7,10H,4-6,8H2,1-3H3,(H3,14,15). The van der Waals surface area contributed by atoms with Crippen molar-refractivity contribution in [2.75, 3.05) is 31.6 Å². The zero-order valence-corrected chi connectivity index (χ0v) is 11.8. The maximum absolute atomic E-state index is 7.51. The van der Waals surface area contributed by atoms with Crippen molar-refractivity contribution in [1.82, 2.24) is 14.9 Å². The van der Waals surface area contributed by atoms with E-state index in [1.807, 2.05) is 6.92 Å². The quantitative estimate of drug-likeness (QED) is 0.616. The fourth-order valence-electron chi connectivity index (χ4n) is 2.40. The van der Waals surface area contributed by atoms with Gasteiger partial charge in [-0.25, -0.2) is 9.97 Å². The monoisotopic (exact) mass is 262 g/mol. The van der Waals surface area contributed by atoms with Crippen LogP contribution in [0.3, 0.4) is 0 Å². The van der Waals surface area contributed by atoms with Gasteiger partial charge in [-0.1, -0.05) is 6.92 Å². The van der Waals surface area contributed by atoms with Gasteiger partial charge in [0, 0.05) is 31.4 Å². The molecule has 1 saturated heterocycles. The average molecular weight is 262 g/mol. The highest BCUT2D eigenvalue weighted by Gasteiger charge is 2.24. The van der Waals surface area contributed by atoms with Crippen LogP contribution >= 0.6 is 0 Å².